The van der Waals surface area contributed by atoms with Crippen molar-refractivity contribution < 1.29 is 4.55 Å². The first-order valence-corrected chi connectivity index (χ1v) is 8.32. The predicted octanol–water partition coefficient (Wildman–Crippen LogP) is 4.14. The molecule has 2 aromatic rings. The van der Waals surface area contributed by atoms with Crippen LogP contribution in [0.5, 0.6) is 0 Å². The number of benzene rings is 2. The van der Waals surface area contributed by atoms with Crippen LogP contribution in [-0.4, -0.2) is 9.30 Å². The van der Waals surface area contributed by atoms with Gasteiger partial charge < -0.3 is 4.55 Å². The minimum absolute atomic E-state index is 0.0631. The molecule has 0 heterocycles. The summed E-state index contributed by atoms with van der Waals surface area (Å²) in [4.78, 5) is 0. The van der Waals surface area contributed by atoms with Crippen molar-refractivity contribution in [1.82, 2.24) is 4.72 Å². The summed E-state index contributed by atoms with van der Waals surface area (Å²) in [6.07, 6.45) is 0. The Balaban J connectivity index is 2.33. The molecule has 2 rings (SSSR count). The third-order valence-electron chi connectivity index (χ3n) is 3.32. The average Bonchev–Trinajstić information content (AvgIpc) is 2.45. The third kappa shape index (κ3) is 4.34. The van der Waals surface area contributed by atoms with E-state index in [4.69, 9.17) is 0 Å². The Morgan fingerprint density at radius 1 is 0.905 bits per heavy atom. The van der Waals surface area contributed by atoms with Crippen LogP contribution in [-0.2, 0) is 11.4 Å². The van der Waals surface area contributed by atoms with Crippen molar-refractivity contribution in [3.05, 3.63) is 71.3 Å². The normalized spacial score (nSPS) is 14.7. The van der Waals surface area contributed by atoms with Crippen molar-refractivity contribution in [3.8, 4) is 0 Å². The molecule has 2 aromatic carbocycles. The van der Waals surface area contributed by atoms with Crippen molar-refractivity contribution in [2.45, 2.75) is 38.5 Å². The van der Waals surface area contributed by atoms with Crippen LogP contribution in [0.25, 0.3) is 0 Å². The summed E-state index contributed by atoms with van der Waals surface area (Å²) in [5.41, 5.74) is 3.48. The fourth-order valence-electron chi connectivity index (χ4n) is 2.02. The van der Waals surface area contributed by atoms with E-state index in [2.05, 4.69) is 48.0 Å². The van der Waals surface area contributed by atoms with Gasteiger partial charge in [0.1, 0.15) is 10.8 Å². The molecule has 0 radical (unpaired) electrons. The Morgan fingerprint density at radius 2 is 1.43 bits per heavy atom. The SMILES string of the molecule is Cc1ccc([C@H](N[S@@+]([O-])C(C)(C)C)c2ccccc2)cc1. The maximum Gasteiger partial charge on any atom is 0.136 e. The topological polar surface area (TPSA) is 35.1 Å². The molecular formula is C18H23NOS. The number of aryl methyl sites for hydroxylation is 1. The molecule has 112 valence electrons. The summed E-state index contributed by atoms with van der Waals surface area (Å²) < 4.78 is 15.5. The molecule has 0 amide bonds. The van der Waals surface area contributed by atoms with Gasteiger partial charge in [-0.2, -0.15) is 0 Å². The highest BCUT2D eigenvalue weighted by Crippen LogP contribution is 2.26. The van der Waals surface area contributed by atoms with Crippen LogP contribution >= 0.6 is 0 Å². The zero-order chi connectivity index (χ0) is 15.5. The van der Waals surface area contributed by atoms with Crippen molar-refractivity contribution in [2.24, 2.45) is 0 Å². The maximum atomic E-state index is 12.5. The van der Waals surface area contributed by atoms with Gasteiger partial charge in [0.05, 0.1) is 0 Å². The molecule has 0 aliphatic rings. The lowest BCUT2D eigenvalue weighted by Gasteiger charge is -2.28. The number of hydrogen-bond donors (Lipinski definition) is 1. The smallest absolute Gasteiger partial charge is 0.136 e. The van der Waals surface area contributed by atoms with Crippen LogP contribution in [0.1, 0.15) is 43.5 Å². The second-order valence-electron chi connectivity index (χ2n) is 6.25. The van der Waals surface area contributed by atoms with Gasteiger partial charge in [-0.1, -0.05) is 60.2 Å². The highest BCUT2D eigenvalue weighted by atomic mass is 32.2. The molecule has 0 fully saturated rings. The molecule has 0 unspecified atom stereocenters. The van der Waals surface area contributed by atoms with Crippen LogP contribution in [0.4, 0.5) is 0 Å². The van der Waals surface area contributed by atoms with Gasteiger partial charge in [0.25, 0.3) is 0 Å². The van der Waals surface area contributed by atoms with E-state index >= 15 is 0 Å². The monoisotopic (exact) mass is 301 g/mol. The van der Waals surface area contributed by atoms with Crippen molar-refractivity contribution in [2.75, 3.05) is 0 Å². The first-order chi connectivity index (χ1) is 9.88. The molecule has 2 atom stereocenters. The Bertz CT molecular complexity index is 560. The summed E-state index contributed by atoms with van der Waals surface area (Å²) in [6, 6.07) is 18.5. The lowest BCUT2D eigenvalue weighted by Crippen LogP contribution is -2.41. The van der Waals surface area contributed by atoms with E-state index in [-0.39, 0.29) is 10.8 Å². The fraction of sp³-hybridized carbons (Fsp3) is 0.333. The molecular weight excluding hydrogens is 278 g/mol. The molecule has 2 nitrogen and oxygen atoms in total. The summed E-state index contributed by atoms with van der Waals surface area (Å²) in [7, 11) is 0. The van der Waals surface area contributed by atoms with E-state index < -0.39 is 11.4 Å². The molecule has 0 bridgehead atoms. The number of hydrogen-bond acceptors (Lipinski definition) is 2. The van der Waals surface area contributed by atoms with Crippen LogP contribution < -0.4 is 4.72 Å². The van der Waals surface area contributed by atoms with Gasteiger partial charge >= 0.3 is 0 Å². The van der Waals surface area contributed by atoms with Crippen LogP contribution in [0, 0.1) is 6.92 Å². The van der Waals surface area contributed by atoms with Gasteiger partial charge in [-0.3, -0.25) is 0 Å². The fourth-order valence-corrected chi connectivity index (χ4v) is 2.86. The van der Waals surface area contributed by atoms with E-state index in [1.807, 2.05) is 39.0 Å². The summed E-state index contributed by atoms with van der Waals surface area (Å²) >= 11 is -1.12. The Morgan fingerprint density at radius 3 is 1.95 bits per heavy atom. The highest BCUT2D eigenvalue weighted by Gasteiger charge is 2.30. The number of nitrogens with one attached hydrogen (secondary N) is 1. The van der Waals surface area contributed by atoms with E-state index in [0.29, 0.717) is 0 Å². The molecule has 0 aliphatic heterocycles. The largest absolute Gasteiger partial charge is 0.598 e. The van der Waals surface area contributed by atoms with E-state index in [0.717, 1.165) is 11.1 Å². The van der Waals surface area contributed by atoms with Gasteiger partial charge in [-0.25, -0.2) is 0 Å². The van der Waals surface area contributed by atoms with Crippen LogP contribution in [0.15, 0.2) is 54.6 Å². The molecule has 0 aromatic heterocycles. The van der Waals surface area contributed by atoms with Gasteiger partial charge in [0.2, 0.25) is 0 Å². The Kier molecular flexibility index (Phi) is 5.09. The lowest BCUT2D eigenvalue weighted by atomic mass is 9.99. The van der Waals surface area contributed by atoms with Crippen LogP contribution in [0.3, 0.4) is 0 Å². The Labute approximate surface area is 130 Å². The van der Waals surface area contributed by atoms with Gasteiger partial charge in [0, 0.05) is 11.4 Å². The Hall–Kier alpha value is -1.29. The molecule has 0 spiro atoms. The molecule has 0 saturated heterocycles. The average molecular weight is 301 g/mol. The summed E-state index contributed by atoms with van der Waals surface area (Å²) in [6.45, 7) is 8.01. The lowest BCUT2D eigenvalue weighted by molar-refractivity contribution is 0.535. The molecule has 1 N–H and O–H groups in total. The third-order valence-corrected chi connectivity index (χ3v) is 4.89. The zero-order valence-corrected chi connectivity index (χ0v) is 13.9. The highest BCUT2D eigenvalue weighted by molar-refractivity contribution is 7.90. The van der Waals surface area contributed by atoms with E-state index in [1.165, 1.54) is 5.56 Å². The predicted molar refractivity (Wildman–Crippen MR) is 90.5 cm³/mol. The van der Waals surface area contributed by atoms with Gasteiger partial charge in [-0.05, 0) is 38.8 Å². The number of rotatable bonds is 4. The minimum Gasteiger partial charge on any atom is -0.598 e. The quantitative estimate of drug-likeness (QED) is 0.862. The molecule has 0 aliphatic carbocycles. The first-order valence-electron chi connectivity index (χ1n) is 7.17. The molecule has 21 heavy (non-hydrogen) atoms. The molecule has 3 heteroatoms. The minimum atomic E-state index is -1.12. The van der Waals surface area contributed by atoms with Crippen LogP contribution in [0.2, 0.25) is 0 Å². The van der Waals surface area contributed by atoms with Gasteiger partial charge in [0.15, 0.2) is 0 Å². The standard InChI is InChI=1S/C18H23NOS/c1-14-10-12-16(13-11-14)17(15-8-6-5-7-9-15)19-21(20)18(2,3)4/h5-13,17,19H,1-4H3/t17-,21+/m1/s1. The second kappa shape index (κ2) is 6.65. The van der Waals surface area contributed by atoms with Gasteiger partial charge in [-0.15, -0.1) is 4.72 Å². The van der Waals surface area contributed by atoms with E-state index in [9.17, 15) is 4.55 Å². The molecule has 0 saturated carbocycles. The maximum absolute atomic E-state index is 12.5. The van der Waals surface area contributed by atoms with Crippen molar-refractivity contribution >= 4 is 11.4 Å². The first kappa shape index (κ1) is 16.1. The second-order valence-corrected chi connectivity index (χ2v) is 8.25. The van der Waals surface area contributed by atoms with Crippen molar-refractivity contribution in [3.63, 3.8) is 0 Å². The van der Waals surface area contributed by atoms with E-state index in [1.54, 1.807) is 0 Å². The summed E-state index contributed by atoms with van der Waals surface area (Å²) in [5, 5.41) is 0. The summed E-state index contributed by atoms with van der Waals surface area (Å²) in [5.74, 6) is 0. The van der Waals surface area contributed by atoms with Crippen molar-refractivity contribution in [1.29, 1.82) is 0 Å². The zero-order valence-electron chi connectivity index (χ0n) is 13.1.